The number of nitrogens with one attached hydrogen (secondary N) is 1. The fraction of sp³-hybridized carbons (Fsp3) is 0.304. The number of ether oxygens (including phenoxy) is 1. The van der Waals surface area contributed by atoms with Gasteiger partial charge in [-0.2, -0.15) is 5.10 Å². The highest BCUT2D eigenvalue weighted by Crippen LogP contribution is 2.43. The van der Waals surface area contributed by atoms with Crippen molar-refractivity contribution in [3.05, 3.63) is 71.4 Å². The number of unbranched alkanes of at least 4 members (excludes halogenated alkanes) is 1. The minimum atomic E-state index is -0.164. The van der Waals surface area contributed by atoms with Gasteiger partial charge in [0.15, 0.2) is 0 Å². The van der Waals surface area contributed by atoms with Crippen LogP contribution in [0.4, 0.5) is 0 Å². The van der Waals surface area contributed by atoms with Crippen LogP contribution < -0.4 is 4.74 Å². The Hall–Kier alpha value is -3.08. The van der Waals surface area contributed by atoms with Crippen LogP contribution in [0, 0.1) is 0 Å². The molecule has 1 N–H and O–H groups in total. The third-order valence-electron chi connectivity index (χ3n) is 5.15. The summed E-state index contributed by atoms with van der Waals surface area (Å²) in [6, 6.07) is 17.9. The second-order valence-corrected chi connectivity index (χ2v) is 6.99. The van der Waals surface area contributed by atoms with E-state index in [9.17, 15) is 4.79 Å². The molecule has 1 aliphatic rings. The SMILES string of the molecule is CCCCN1C(=O)c2[nH]nc(-c3ccccc3)c2C1c1cccc(OCC)c1. The number of fused-ring (bicyclic) bond motifs is 1. The Bertz CT molecular complexity index is 965. The van der Waals surface area contributed by atoms with Crippen molar-refractivity contribution >= 4 is 5.91 Å². The van der Waals surface area contributed by atoms with E-state index in [4.69, 9.17) is 4.74 Å². The predicted octanol–water partition coefficient (Wildman–Crippen LogP) is 4.82. The van der Waals surface area contributed by atoms with Gasteiger partial charge in [-0.15, -0.1) is 0 Å². The monoisotopic (exact) mass is 375 g/mol. The van der Waals surface area contributed by atoms with Crippen molar-refractivity contribution in [3.63, 3.8) is 0 Å². The molecule has 4 rings (SSSR count). The maximum Gasteiger partial charge on any atom is 0.273 e. The molecule has 0 spiro atoms. The van der Waals surface area contributed by atoms with Crippen LogP contribution in [0.25, 0.3) is 11.3 Å². The number of nitrogens with zero attached hydrogens (tertiary/aromatic N) is 2. The average molecular weight is 375 g/mol. The lowest BCUT2D eigenvalue weighted by Gasteiger charge is -2.26. The number of rotatable bonds is 7. The number of benzene rings is 2. The van der Waals surface area contributed by atoms with Crippen molar-refractivity contribution in [3.8, 4) is 17.0 Å². The standard InChI is InChI=1S/C23H25N3O2/c1-3-5-14-26-22(17-12-9-13-18(15-17)28-4-2)19-20(16-10-7-6-8-11-16)24-25-21(19)23(26)27/h6-13,15,22H,3-5,14H2,1-2H3,(H,24,25). The van der Waals surface area contributed by atoms with Crippen LogP contribution in [0.5, 0.6) is 5.75 Å². The van der Waals surface area contributed by atoms with Gasteiger partial charge in [0.25, 0.3) is 5.91 Å². The Morgan fingerprint density at radius 2 is 1.93 bits per heavy atom. The molecule has 1 aromatic heterocycles. The molecule has 1 aliphatic heterocycles. The molecular formula is C23H25N3O2. The minimum absolute atomic E-state index is 0.0185. The van der Waals surface area contributed by atoms with Gasteiger partial charge in [0.05, 0.1) is 18.3 Å². The normalized spacial score (nSPS) is 15.7. The summed E-state index contributed by atoms with van der Waals surface area (Å²) in [4.78, 5) is 15.1. The summed E-state index contributed by atoms with van der Waals surface area (Å²) in [5.41, 5.74) is 4.46. The lowest BCUT2D eigenvalue weighted by Crippen LogP contribution is -2.30. The molecule has 0 radical (unpaired) electrons. The van der Waals surface area contributed by atoms with E-state index < -0.39 is 0 Å². The summed E-state index contributed by atoms with van der Waals surface area (Å²) < 4.78 is 5.71. The molecule has 0 saturated heterocycles. The maximum absolute atomic E-state index is 13.2. The van der Waals surface area contributed by atoms with E-state index in [1.165, 1.54) is 0 Å². The molecule has 5 nitrogen and oxygen atoms in total. The Morgan fingerprint density at radius 1 is 1.11 bits per heavy atom. The van der Waals surface area contributed by atoms with E-state index in [0.717, 1.165) is 47.5 Å². The van der Waals surface area contributed by atoms with Gasteiger partial charge >= 0.3 is 0 Å². The van der Waals surface area contributed by atoms with E-state index in [0.29, 0.717) is 12.3 Å². The van der Waals surface area contributed by atoms with Crippen LogP contribution in [0.1, 0.15) is 54.3 Å². The molecule has 28 heavy (non-hydrogen) atoms. The summed E-state index contributed by atoms with van der Waals surface area (Å²) in [7, 11) is 0. The topological polar surface area (TPSA) is 58.2 Å². The third-order valence-corrected chi connectivity index (χ3v) is 5.15. The number of aromatic nitrogens is 2. The highest BCUT2D eigenvalue weighted by atomic mass is 16.5. The molecule has 0 saturated carbocycles. The van der Waals surface area contributed by atoms with Crippen molar-refractivity contribution in [1.29, 1.82) is 0 Å². The summed E-state index contributed by atoms with van der Waals surface area (Å²) >= 11 is 0. The Balaban J connectivity index is 1.84. The maximum atomic E-state index is 13.2. The number of H-pyrrole nitrogens is 1. The molecule has 0 bridgehead atoms. The molecule has 0 fully saturated rings. The molecular weight excluding hydrogens is 350 g/mol. The number of hydrogen-bond donors (Lipinski definition) is 1. The fourth-order valence-electron chi connectivity index (χ4n) is 3.86. The summed E-state index contributed by atoms with van der Waals surface area (Å²) in [6.45, 7) is 5.44. The quantitative estimate of drug-likeness (QED) is 0.644. The summed E-state index contributed by atoms with van der Waals surface area (Å²) in [5, 5.41) is 7.51. The van der Waals surface area contributed by atoms with Gasteiger partial charge in [0.2, 0.25) is 0 Å². The van der Waals surface area contributed by atoms with Gasteiger partial charge in [0.1, 0.15) is 11.4 Å². The number of carbonyl (C=O) groups is 1. The molecule has 5 heteroatoms. The van der Waals surface area contributed by atoms with E-state index in [1.54, 1.807) is 0 Å². The van der Waals surface area contributed by atoms with Crippen LogP contribution in [-0.4, -0.2) is 34.2 Å². The van der Waals surface area contributed by atoms with Gasteiger partial charge < -0.3 is 9.64 Å². The van der Waals surface area contributed by atoms with Gasteiger partial charge in [-0.05, 0) is 31.0 Å². The van der Waals surface area contributed by atoms with Crippen molar-refractivity contribution in [1.82, 2.24) is 15.1 Å². The van der Waals surface area contributed by atoms with Gasteiger partial charge in [-0.1, -0.05) is 55.8 Å². The van der Waals surface area contributed by atoms with Crippen molar-refractivity contribution in [2.45, 2.75) is 32.7 Å². The summed E-state index contributed by atoms with van der Waals surface area (Å²) in [5.74, 6) is 0.839. The molecule has 3 aromatic rings. The van der Waals surface area contributed by atoms with Crippen molar-refractivity contribution in [2.75, 3.05) is 13.2 Å². The number of hydrogen-bond acceptors (Lipinski definition) is 3. The van der Waals surface area contributed by atoms with Crippen molar-refractivity contribution < 1.29 is 9.53 Å². The van der Waals surface area contributed by atoms with E-state index in [1.807, 2.05) is 60.4 Å². The van der Waals surface area contributed by atoms with Gasteiger partial charge in [-0.25, -0.2) is 0 Å². The first-order valence-electron chi connectivity index (χ1n) is 9.92. The number of carbonyl (C=O) groups excluding carboxylic acids is 1. The zero-order valence-corrected chi connectivity index (χ0v) is 16.3. The smallest absolute Gasteiger partial charge is 0.273 e. The first kappa shape index (κ1) is 18.3. The van der Waals surface area contributed by atoms with Crippen LogP contribution in [0.15, 0.2) is 54.6 Å². The Labute approximate surface area is 165 Å². The molecule has 2 aromatic carbocycles. The van der Waals surface area contributed by atoms with Crippen LogP contribution in [0.2, 0.25) is 0 Å². The highest BCUT2D eigenvalue weighted by Gasteiger charge is 2.41. The molecule has 0 aliphatic carbocycles. The predicted molar refractivity (Wildman–Crippen MR) is 109 cm³/mol. The molecule has 1 unspecified atom stereocenters. The van der Waals surface area contributed by atoms with E-state index in [2.05, 4.69) is 23.2 Å². The zero-order chi connectivity index (χ0) is 19.5. The van der Waals surface area contributed by atoms with E-state index in [-0.39, 0.29) is 11.9 Å². The van der Waals surface area contributed by atoms with E-state index >= 15 is 0 Å². The summed E-state index contributed by atoms with van der Waals surface area (Å²) in [6.07, 6.45) is 2.00. The highest BCUT2D eigenvalue weighted by molar-refractivity contribution is 6.00. The average Bonchev–Trinajstić information content (AvgIpc) is 3.26. The fourth-order valence-corrected chi connectivity index (χ4v) is 3.86. The lowest BCUT2D eigenvalue weighted by molar-refractivity contribution is 0.0741. The molecule has 1 amide bonds. The third kappa shape index (κ3) is 3.17. The first-order valence-corrected chi connectivity index (χ1v) is 9.92. The Morgan fingerprint density at radius 3 is 2.68 bits per heavy atom. The minimum Gasteiger partial charge on any atom is -0.494 e. The number of aromatic amines is 1. The molecule has 144 valence electrons. The number of amides is 1. The second-order valence-electron chi connectivity index (χ2n) is 6.99. The van der Waals surface area contributed by atoms with Crippen LogP contribution in [0.3, 0.4) is 0 Å². The zero-order valence-electron chi connectivity index (χ0n) is 16.3. The molecule has 1 atom stereocenters. The van der Waals surface area contributed by atoms with Crippen molar-refractivity contribution in [2.24, 2.45) is 0 Å². The van der Waals surface area contributed by atoms with Gasteiger partial charge in [0, 0.05) is 17.7 Å². The first-order chi connectivity index (χ1) is 13.7. The lowest BCUT2D eigenvalue weighted by atomic mass is 9.96. The molecule has 2 heterocycles. The Kier molecular flexibility index (Phi) is 5.15. The second kappa shape index (κ2) is 7.89. The van der Waals surface area contributed by atoms with Crippen LogP contribution >= 0.6 is 0 Å². The largest absolute Gasteiger partial charge is 0.494 e. The van der Waals surface area contributed by atoms with Gasteiger partial charge in [-0.3, -0.25) is 9.89 Å². The van der Waals surface area contributed by atoms with Crippen LogP contribution in [-0.2, 0) is 0 Å².